The number of benzene rings is 1. The number of nitrogens with zero attached hydrogens (tertiary/aromatic N) is 2. The van der Waals surface area contributed by atoms with E-state index in [1.54, 1.807) is 17.5 Å². The molecule has 1 saturated heterocycles. The van der Waals surface area contributed by atoms with Gasteiger partial charge in [-0.1, -0.05) is 43.3 Å². The van der Waals surface area contributed by atoms with Gasteiger partial charge in [0.1, 0.15) is 4.21 Å². The fourth-order valence-electron chi connectivity index (χ4n) is 3.38. The minimum absolute atomic E-state index is 0.0102. The molecule has 1 aromatic carbocycles. The number of sulfonamides is 1. The molecule has 152 valence electrons. The number of thiophene rings is 1. The Morgan fingerprint density at radius 2 is 1.82 bits per heavy atom. The Morgan fingerprint density at radius 1 is 1.11 bits per heavy atom. The monoisotopic (exact) mass is 421 g/mol. The van der Waals surface area contributed by atoms with Crippen molar-refractivity contribution in [3.8, 4) is 0 Å². The van der Waals surface area contributed by atoms with Crippen LogP contribution in [-0.4, -0.2) is 62.8 Å². The largest absolute Gasteiger partial charge is 0.354 e. The molecule has 1 atom stereocenters. The SMILES string of the molecule is CC[C@H](CNC(=O)CN1CCN(S(=O)(=O)c2cccs2)CC1)c1ccccc1. The number of hydrogen-bond acceptors (Lipinski definition) is 5. The summed E-state index contributed by atoms with van der Waals surface area (Å²) in [6.45, 7) is 4.99. The average Bonchev–Trinajstić information content (AvgIpc) is 3.25. The number of carbonyl (C=O) groups excluding carboxylic acids is 1. The van der Waals surface area contributed by atoms with Crippen molar-refractivity contribution in [2.75, 3.05) is 39.3 Å². The quantitative estimate of drug-likeness (QED) is 0.710. The molecule has 1 amide bonds. The molecule has 1 N–H and O–H groups in total. The molecule has 0 saturated carbocycles. The summed E-state index contributed by atoms with van der Waals surface area (Å²) in [6.07, 6.45) is 0.962. The zero-order valence-corrected chi connectivity index (χ0v) is 17.7. The van der Waals surface area contributed by atoms with E-state index in [0.717, 1.165) is 6.42 Å². The van der Waals surface area contributed by atoms with E-state index in [9.17, 15) is 13.2 Å². The maximum Gasteiger partial charge on any atom is 0.252 e. The van der Waals surface area contributed by atoms with Gasteiger partial charge in [-0.15, -0.1) is 11.3 Å². The molecule has 1 aromatic heterocycles. The van der Waals surface area contributed by atoms with E-state index in [4.69, 9.17) is 0 Å². The summed E-state index contributed by atoms with van der Waals surface area (Å²) >= 11 is 1.24. The molecule has 0 aliphatic carbocycles. The van der Waals surface area contributed by atoms with Crippen LogP contribution in [0.15, 0.2) is 52.1 Å². The zero-order chi connectivity index (χ0) is 20.0. The molecular weight excluding hydrogens is 394 g/mol. The van der Waals surface area contributed by atoms with Gasteiger partial charge in [-0.3, -0.25) is 9.69 Å². The van der Waals surface area contributed by atoms with Crippen molar-refractivity contribution in [3.05, 3.63) is 53.4 Å². The van der Waals surface area contributed by atoms with E-state index < -0.39 is 10.0 Å². The van der Waals surface area contributed by atoms with E-state index in [1.807, 2.05) is 23.1 Å². The van der Waals surface area contributed by atoms with Crippen LogP contribution in [0.3, 0.4) is 0 Å². The molecule has 1 aliphatic rings. The van der Waals surface area contributed by atoms with E-state index in [-0.39, 0.29) is 5.91 Å². The topological polar surface area (TPSA) is 69.7 Å². The van der Waals surface area contributed by atoms with Gasteiger partial charge >= 0.3 is 0 Å². The first-order valence-corrected chi connectivity index (χ1v) is 11.9. The number of piperazine rings is 1. The Bertz CT molecular complexity index is 846. The Hall–Kier alpha value is -1.74. The normalized spacial score (nSPS) is 17.3. The third-order valence-electron chi connectivity index (χ3n) is 5.10. The Morgan fingerprint density at radius 3 is 2.43 bits per heavy atom. The highest BCUT2D eigenvalue weighted by Gasteiger charge is 2.29. The number of nitrogens with one attached hydrogen (secondary N) is 1. The molecule has 28 heavy (non-hydrogen) atoms. The minimum atomic E-state index is -3.40. The first-order chi connectivity index (χ1) is 13.5. The Balaban J connectivity index is 1.45. The van der Waals surface area contributed by atoms with Gasteiger partial charge in [-0.2, -0.15) is 4.31 Å². The predicted octanol–water partition coefficient (Wildman–Crippen LogP) is 2.36. The van der Waals surface area contributed by atoms with Crippen LogP contribution in [0.4, 0.5) is 0 Å². The van der Waals surface area contributed by atoms with E-state index in [2.05, 4.69) is 24.4 Å². The second-order valence-corrected chi connectivity index (χ2v) is 10.0. The lowest BCUT2D eigenvalue weighted by atomic mass is 9.96. The summed E-state index contributed by atoms with van der Waals surface area (Å²) in [4.78, 5) is 14.4. The highest BCUT2D eigenvalue weighted by molar-refractivity contribution is 7.91. The van der Waals surface area contributed by atoms with Crippen LogP contribution < -0.4 is 5.32 Å². The van der Waals surface area contributed by atoms with Gasteiger partial charge in [-0.05, 0) is 23.4 Å². The number of carbonyl (C=O) groups is 1. The number of hydrogen-bond donors (Lipinski definition) is 1. The standard InChI is InChI=1S/C20H27N3O3S2/c1-2-17(18-7-4-3-5-8-18)15-21-19(24)16-22-10-12-23(13-11-22)28(25,26)20-9-6-14-27-20/h3-9,14,17H,2,10-13,15-16H2,1H3,(H,21,24)/t17-/m1/s1. The maximum atomic E-state index is 12.6. The Labute approximate surface area is 171 Å². The second-order valence-electron chi connectivity index (χ2n) is 6.93. The molecule has 0 spiro atoms. The van der Waals surface area contributed by atoms with Gasteiger partial charge in [0, 0.05) is 38.6 Å². The lowest BCUT2D eigenvalue weighted by molar-refractivity contribution is -0.122. The first kappa shape index (κ1) is 21.0. The van der Waals surface area contributed by atoms with Crippen LogP contribution in [-0.2, 0) is 14.8 Å². The van der Waals surface area contributed by atoms with Crippen molar-refractivity contribution in [1.29, 1.82) is 0 Å². The van der Waals surface area contributed by atoms with Crippen molar-refractivity contribution in [3.63, 3.8) is 0 Å². The molecular formula is C20H27N3O3S2. The highest BCUT2D eigenvalue weighted by atomic mass is 32.2. The maximum absolute atomic E-state index is 12.6. The molecule has 1 aliphatic heterocycles. The van der Waals surface area contributed by atoms with Crippen molar-refractivity contribution >= 4 is 27.3 Å². The second kappa shape index (κ2) is 9.65. The van der Waals surface area contributed by atoms with Gasteiger partial charge in [0.15, 0.2) is 0 Å². The third kappa shape index (κ3) is 5.20. The van der Waals surface area contributed by atoms with Gasteiger partial charge < -0.3 is 5.32 Å². The third-order valence-corrected chi connectivity index (χ3v) is 8.37. The molecule has 2 aromatic rings. The molecule has 0 bridgehead atoms. The van der Waals surface area contributed by atoms with E-state index in [0.29, 0.717) is 49.4 Å². The summed E-state index contributed by atoms with van der Waals surface area (Å²) in [7, 11) is -3.40. The molecule has 3 rings (SSSR count). The molecule has 0 unspecified atom stereocenters. The summed E-state index contributed by atoms with van der Waals surface area (Å²) in [5.41, 5.74) is 1.23. The van der Waals surface area contributed by atoms with Gasteiger partial charge in [0.25, 0.3) is 10.0 Å². The Kier molecular flexibility index (Phi) is 7.23. The first-order valence-electron chi connectivity index (χ1n) is 9.58. The minimum Gasteiger partial charge on any atom is -0.354 e. The number of rotatable bonds is 8. The van der Waals surface area contributed by atoms with Gasteiger partial charge in [0.2, 0.25) is 5.91 Å². The lowest BCUT2D eigenvalue weighted by Gasteiger charge is -2.33. The van der Waals surface area contributed by atoms with Gasteiger partial charge in [-0.25, -0.2) is 8.42 Å². The van der Waals surface area contributed by atoms with E-state index >= 15 is 0 Å². The summed E-state index contributed by atoms with van der Waals surface area (Å²) in [5, 5.41) is 4.80. The van der Waals surface area contributed by atoms with Crippen LogP contribution in [0.1, 0.15) is 24.8 Å². The van der Waals surface area contributed by atoms with Crippen LogP contribution in [0.5, 0.6) is 0 Å². The summed E-state index contributed by atoms with van der Waals surface area (Å²) in [5.74, 6) is 0.293. The molecule has 8 heteroatoms. The van der Waals surface area contributed by atoms with Crippen LogP contribution >= 0.6 is 11.3 Å². The highest BCUT2D eigenvalue weighted by Crippen LogP contribution is 2.22. The molecule has 0 radical (unpaired) electrons. The fraction of sp³-hybridized carbons (Fsp3) is 0.450. The van der Waals surface area contributed by atoms with E-state index in [1.165, 1.54) is 21.2 Å². The van der Waals surface area contributed by atoms with Crippen LogP contribution in [0.2, 0.25) is 0 Å². The summed E-state index contributed by atoms with van der Waals surface area (Å²) in [6, 6.07) is 13.6. The average molecular weight is 422 g/mol. The summed E-state index contributed by atoms with van der Waals surface area (Å²) < 4.78 is 27.0. The number of amides is 1. The van der Waals surface area contributed by atoms with Crippen molar-refractivity contribution < 1.29 is 13.2 Å². The molecule has 2 heterocycles. The lowest BCUT2D eigenvalue weighted by Crippen LogP contribution is -2.51. The fourth-order valence-corrected chi connectivity index (χ4v) is 5.95. The van der Waals surface area contributed by atoms with Crippen molar-refractivity contribution in [1.82, 2.24) is 14.5 Å². The van der Waals surface area contributed by atoms with Crippen LogP contribution in [0, 0.1) is 0 Å². The molecule has 1 fully saturated rings. The molecule has 6 nitrogen and oxygen atoms in total. The van der Waals surface area contributed by atoms with Crippen molar-refractivity contribution in [2.45, 2.75) is 23.5 Å². The smallest absolute Gasteiger partial charge is 0.252 e. The zero-order valence-electron chi connectivity index (χ0n) is 16.1. The van der Waals surface area contributed by atoms with Crippen LogP contribution in [0.25, 0.3) is 0 Å². The predicted molar refractivity (Wildman–Crippen MR) is 112 cm³/mol. The van der Waals surface area contributed by atoms with Crippen molar-refractivity contribution in [2.24, 2.45) is 0 Å². The van der Waals surface area contributed by atoms with Gasteiger partial charge in [0.05, 0.1) is 6.54 Å².